The molecule has 170 valence electrons. The van der Waals surface area contributed by atoms with Crippen molar-refractivity contribution < 1.29 is 23.1 Å². The van der Waals surface area contributed by atoms with Gasteiger partial charge in [0, 0.05) is 18.7 Å². The second kappa shape index (κ2) is 9.81. The average Bonchev–Trinajstić information content (AvgIpc) is 2.82. The van der Waals surface area contributed by atoms with E-state index in [0.29, 0.717) is 36.4 Å². The second-order valence-corrected chi connectivity index (χ2v) is 7.85. The summed E-state index contributed by atoms with van der Waals surface area (Å²) in [5.74, 6) is -0.686. The normalized spacial score (nSPS) is 15.0. The molecule has 0 saturated heterocycles. The van der Waals surface area contributed by atoms with E-state index in [9.17, 15) is 18.4 Å². The molecule has 1 heterocycles. The molecule has 1 N–H and O–H groups in total. The monoisotopic (exact) mass is 450 g/mol. The fourth-order valence-corrected chi connectivity index (χ4v) is 4.07. The Labute approximate surface area is 191 Å². The zero-order valence-electron chi connectivity index (χ0n) is 18.2. The van der Waals surface area contributed by atoms with Gasteiger partial charge in [0.25, 0.3) is 5.91 Å². The Morgan fingerprint density at radius 1 is 1.03 bits per heavy atom. The summed E-state index contributed by atoms with van der Waals surface area (Å²) in [6.07, 6.45) is 1.03. The number of carbonyl (C=O) groups excluding carboxylic acids is 2. The summed E-state index contributed by atoms with van der Waals surface area (Å²) in [4.78, 5) is 26.7. The lowest BCUT2D eigenvalue weighted by Crippen LogP contribution is -2.40. The molecule has 2 amide bonds. The summed E-state index contributed by atoms with van der Waals surface area (Å²) in [6, 6.07) is 16.8. The summed E-state index contributed by atoms with van der Waals surface area (Å²) in [5, 5.41) is 2.65. The van der Waals surface area contributed by atoms with Crippen molar-refractivity contribution in [2.24, 2.45) is 0 Å². The summed E-state index contributed by atoms with van der Waals surface area (Å²) in [5.41, 5.74) is 3.05. The third kappa shape index (κ3) is 5.19. The first-order valence-corrected chi connectivity index (χ1v) is 10.8. The first-order valence-electron chi connectivity index (χ1n) is 10.8. The lowest BCUT2D eigenvalue weighted by Gasteiger charge is -2.38. The van der Waals surface area contributed by atoms with Gasteiger partial charge in [-0.2, -0.15) is 0 Å². The zero-order chi connectivity index (χ0) is 23.4. The number of nitrogens with one attached hydrogen (secondary N) is 1. The third-order valence-corrected chi connectivity index (χ3v) is 5.63. The summed E-state index contributed by atoms with van der Waals surface area (Å²) < 4.78 is 32.7. The summed E-state index contributed by atoms with van der Waals surface area (Å²) in [7, 11) is 0. The molecule has 0 bridgehead atoms. The van der Waals surface area contributed by atoms with E-state index in [-0.39, 0.29) is 30.1 Å². The standard InChI is InChI=1S/C26H24F2N2O3/c1-2-25(32)30-13-12-17-6-11-22(15-23(17)26(30)18-4-3-5-20(28)14-18)33-16-24(31)29-21-9-7-19(27)8-10-21/h3-11,14-15,26H,2,12-13,16H2,1H3,(H,29,31). The van der Waals surface area contributed by atoms with Gasteiger partial charge in [0.2, 0.25) is 5.91 Å². The number of carbonyl (C=O) groups is 2. The molecule has 0 aromatic heterocycles. The van der Waals surface area contributed by atoms with Gasteiger partial charge in [-0.25, -0.2) is 8.78 Å². The first kappa shape index (κ1) is 22.5. The highest BCUT2D eigenvalue weighted by atomic mass is 19.1. The fraction of sp³-hybridized carbons (Fsp3) is 0.231. The number of nitrogens with zero attached hydrogens (tertiary/aromatic N) is 1. The largest absolute Gasteiger partial charge is 0.484 e. The van der Waals surface area contributed by atoms with Gasteiger partial charge in [0.15, 0.2) is 6.61 Å². The predicted octanol–water partition coefficient (Wildman–Crippen LogP) is 4.87. The van der Waals surface area contributed by atoms with E-state index in [1.165, 1.54) is 36.4 Å². The Balaban J connectivity index is 1.56. The lowest BCUT2D eigenvalue weighted by molar-refractivity contribution is -0.133. The number of benzene rings is 3. The maximum absolute atomic E-state index is 14.0. The molecule has 3 aromatic carbocycles. The quantitative estimate of drug-likeness (QED) is 0.583. The predicted molar refractivity (Wildman–Crippen MR) is 121 cm³/mol. The molecule has 4 rings (SSSR count). The molecule has 0 radical (unpaired) electrons. The smallest absolute Gasteiger partial charge is 0.262 e. The van der Waals surface area contributed by atoms with Crippen molar-refractivity contribution in [2.75, 3.05) is 18.5 Å². The van der Waals surface area contributed by atoms with Gasteiger partial charge in [-0.15, -0.1) is 0 Å². The van der Waals surface area contributed by atoms with Crippen LogP contribution in [0, 0.1) is 11.6 Å². The lowest BCUT2D eigenvalue weighted by atomic mass is 9.87. The fourth-order valence-electron chi connectivity index (χ4n) is 4.07. The molecular formula is C26H24F2N2O3. The topological polar surface area (TPSA) is 58.6 Å². The average molecular weight is 450 g/mol. The number of amides is 2. The first-order chi connectivity index (χ1) is 15.9. The second-order valence-electron chi connectivity index (χ2n) is 7.85. The van der Waals surface area contributed by atoms with Crippen molar-refractivity contribution in [3.8, 4) is 5.75 Å². The number of halogens is 2. The van der Waals surface area contributed by atoms with Gasteiger partial charge in [0.1, 0.15) is 17.4 Å². The highest BCUT2D eigenvalue weighted by molar-refractivity contribution is 5.91. The third-order valence-electron chi connectivity index (χ3n) is 5.63. The number of ether oxygens (including phenoxy) is 1. The number of hydrogen-bond donors (Lipinski definition) is 1. The van der Waals surface area contributed by atoms with Crippen LogP contribution in [0.5, 0.6) is 5.75 Å². The van der Waals surface area contributed by atoms with E-state index in [4.69, 9.17) is 4.74 Å². The van der Waals surface area contributed by atoms with E-state index in [2.05, 4.69) is 5.32 Å². The molecule has 7 heteroatoms. The van der Waals surface area contributed by atoms with Crippen molar-refractivity contribution >= 4 is 17.5 Å². The van der Waals surface area contributed by atoms with Crippen LogP contribution in [-0.2, 0) is 16.0 Å². The maximum atomic E-state index is 14.0. The molecule has 3 aromatic rings. The van der Waals surface area contributed by atoms with Crippen molar-refractivity contribution in [3.63, 3.8) is 0 Å². The van der Waals surface area contributed by atoms with Crippen molar-refractivity contribution in [1.82, 2.24) is 4.90 Å². The molecule has 1 unspecified atom stereocenters. The van der Waals surface area contributed by atoms with Gasteiger partial charge >= 0.3 is 0 Å². The molecule has 1 atom stereocenters. The molecule has 0 fully saturated rings. The molecule has 0 spiro atoms. The van der Waals surface area contributed by atoms with Crippen molar-refractivity contribution in [1.29, 1.82) is 0 Å². The highest BCUT2D eigenvalue weighted by Gasteiger charge is 2.32. The van der Waals surface area contributed by atoms with Crippen LogP contribution in [0.3, 0.4) is 0 Å². The molecule has 0 aliphatic carbocycles. The molecule has 33 heavy (non-hydrogen) atoms. The summed E-state index contributed by atoms with van der Waals surface area (Å²) in [6.45, 7) is 2.11. The van der Waals surface area contributed by atoms with Crippen LogP contribution in [0.4, 0.5) is 14.5 Å². The van der Waals surface area contributed by atoms with Crippen LogP contribution < -0.4 is 10.1 Å². The number of anilines is 1. The van der Waals surface area contributed by atoms with Crippen LogP contribution in [0.2, 0.25) is 0 Å². The van der Waals surface area contributed by atoms with E-state index < -0.39 is 6.04 Å². The Morgan fingerprint density at radius 2 is 1.82 bits per heavy atom. The Morgan fingerprint density at radius 3 is 2.55 bits per heavy atom. The molecule has 1 aliphatic rings. The molecule has 5 nitrogen and oxygen atoms in total. The van der Waals surface area contributed by atoms with Gasteiger partial charge in [-0.3, -0.25) is 9.59 Å². The Bertz CT molecular complexity index is 1160. The van der Waals surface area contributed by atoms with E-state index >= 15 is 0 Å². The van der Waals surface area contributed by atoms with Crippen LogP contribution in [0.15, 0.2) is 66.7 Å². The number of rotatable bonds is 6. The highest BCUT2D eigenvalue weighted by Crippen LogP contribution is 2.37. The van der Waals surface area contributed by atoms with Crippen molar-refractivity contribution in [3.05, 3.63) is 95.1 Å². The van der Waals surface area contributed by atoms with Gasteiger partial charge < -0.3 is 15.0 Å². The minimum absolute atomic E-state index is 0.0140. The van der Waals surface area contributed by atoms with Crippen LogP contribution >= 0.6 is 0 Å². The molecule has 1 aliphatic heterocycles. The summed E-state index contributed by atoms with van der Waals surface area (Å²) >= 11 is 0. The number of hydrogen-bond acceptors (Lipinski definition) is 3. The zero-order valence-corrected chi connectivity index (χ0v) is 18.2. The van der Waals surface area contributed by atoms with Gasteiger partial charge in [0.05, 0.1) is 6.04 Å². The number of fused-ring (bicyclic) bond motifs is 1. The molecule has 0 saturated carbocycles. The van der Waals surface area contributed by atoms with Crippen molar-refractivity contribution in [2.45, 2.75) is 25.8 Å². The van der Waals surface area contributed by atoms with E-state index in [1.54, 1.807) is 24.0 Å². The van der Waals surface area contributed by atoms with Crippen LogP contribution in [0.25, 0.3) is 0 Å². The van der Waals surface area contributed by atoms with Gasteiger partial charge in [-0.1, -0.05) is 25.1 Å². The van der Waals surface area contributed by atoms with E-state index in [0.717, 1.165) is 11.1 Å². The minimum Gasteiger partial charge on any atom is -0.484 e. The Hall–Kier alpha value is -3.74. The van der Waals surface area contributed by atoms with E-state index in [1.807, 2.05) is 18.2 Å². The van der Waals surface area contributed by atoms with Crippen LogP contribution in [-0.4, -0.2) is 29.9 Å². The van der Waals surface area contributed by atoms with Gasteiger partial charge in [-0.05, 0) is 71.6 Å². The molecular weight excluding hydrogens is 426 g/mol. The Kier molecular flexibility index (Phi) is 6.68. The SMILES string of the molecule is CCC(=O)N1CCc2ccc(OCC(=O)Nc3ccc(F)cc3)cc2C1c1cccc(F)c1. The van der Waals surface area contributed by atoms with Crippen LogP contribution in [0.1, 0.15) is 36.1 Å². The maximum Gasteiger partial charge on any atom is 0.262 e. The minimum atomic E-state index is -0.437.